The Labute approximate surface area is 192 Å². The van der Waals surface area contributed by atoms with Gasteiger partial charge in [-0.2, -0.15) is 0 Å². The summed E-state index contributed by atoms with van der Waals surface area (Å²) in [6.07, 6.45) is 0.918. The summed E-state index contributed by atoms with van der Waals surface area (Å²) in [5.41, 5.74) is 3.83. The number of methoxy groups -OCH3 is 1. The van der Waals surface area contributed by atoms with Gasteiger partial charge in [-0.1, -0.05) is 61.0 Å². The van der Waals surface area contributed by atoms with Gasteiger partial charge < -0.3 is 10.1 Å². The van der Waals surface area contributed by atoms with Crippen LogP contribution in [0.3, 0.4) is 0 Å². The van der Waals surface area contributed by atoms with Crippen molar-refractivity contribution in [2.24, 2.45) is 0 Å². The first-order valence-corrected chi connectivity index (χ1v) is 10.7. The van der Waals surface area contributed by atoms with Crippen LogP contribution in [0.25, 0.3) is 5.57 Å². The van der Waals surface area contributed by atoms with Crippen molar-refractivity contribution in [3.8, 4) is 5.75 Å². The zero-order chi connectivity index (χ0) is 22.7. The largest absolute Gasteiger partial charge is 0.496 e. The minimum atomic E-state index is -0.384. The summed E-state index contributed by atoms with van der Waals surface area (Å²) in [5, 5.41) is 3.78. The summed E-state index contributed by atoms with van der Waals surface area (Å²) < 4.78 is 5.48. The molecule has 4 rings (SSSR count). The number of halogens is 1. The molecule has 0 unspecified atom stereocenters. The molecule has 0 aromatic heterocycles. The van der Waals surface area contributed by atoms with Gasteiger partial charge in [0.15, 0.2) is 0 Å². The number of para-hydroxylation sites is 1. The number of aryl methyl sites for hydroxylation is 1. The number of nitrogens with one attached hydrogen (secondary N) is 1. The van der Waals surface area contributed by atoms with Crippen molar-refractivity contribution in [1.29, 1.82) is 0 Å². The molecule has 0 atom stereocenters. The molecule has 0 saturated heterocycles. The third-order valence-electron chi connectivity index (χ3n) is 5.43. The van der Waals surface area contributed by atoms with Gasteiger partial charge in [-0.15, -0.1) is 0 Å². The molecule has 32 heavy (non-hydrogen) atoms. The summed E-state index contributed by atoms with van der Waals surface area (Å²) in [5.74, 6) is -0.231. The Morgan fingerprint density at radius 2 is 1.53 bits per heavy atom. The average molecular weight is 447 g/mol. The minimum Gasteiger partial charge on any atom is -0.496 e. The van der Waals surface area contributed by atoms with Crippen molar-refractivity contribution in [3.63, 3.8) is 0 Å². The second kappa shape index (κ2) is 9.28. The lowest BCUT2D eigenvalue weighted by Crippen LogP contribution is -2.32. The second-order valence-corrected chi connectivity index (χ2v) is 7.89. The predicted octanol–water partition coefficient (Wildman–Crippen LogP) is 5.30. The molecule has 1 aliphatic heterocycles. The van der Waals surface area contributed by atoms with Crippen molar-refractivity contribution < 1.29 is 14.3 Å². The van der Waals surface area contributed by atoms with Crippen molar-refractivity contribution in [2.45, 2.75) is 19.9 Å². The van der Waals surface area contributed by atoms with E-state index in [4.69, 9.17) is 16.3 Å². The maximum atomic E-state index is 13.5. The van der Waals surface area contributed by atoms with E-state index in [1.807, 2.05) is 36.4 Å². The van der Waals surface area contributed by atoms with E-state index in [0.29, 0.717) is 21.9 Å². The number of amides is 2. The van der Waals surface area contributed by atoms with Crippen LogP contribution in [0.15, 0.2) is 78.5 Å². The second-order valence-electron chi connectivity index (χ2n) is 7.45. The Bertz CT molecular complexity index is 1180. The molecular formula is C26H23ClN2O3. The molecule has 0 radical (unpaired) electrons. The highest BCUT2D eigenvalue weighted by Gasteiger charge is 2.40. The highest BCUT2D eigenvalue weighted by molar-refractivity contribution is 6.37. The minimum absolute atomic E-state index is 0.146. The van der Waals surface area contributed by atoms with Crippen LogP contribution in [-0.2, 0) is 22.6 Å². The summed E-state index contributed by atoms with van der Waals surface area (Å²) in [4.78, 5) is 28.1. The predicted molar refractivity (Wildman–Crippen MR) is 126 cm³/mol. The van der Waals surface area contributed by atoms with Crippen LogP contribution in [0.4, 0.5) is 5.69 Å². The highest BCUT2D eigenvalue weighted by atomic mass is 35.5. The number of hydrogen-bond acceptors (Lipinski definition) is 4. The Morgan fingerprint density at radius 1 is 0.875 bits per heavy atom. The quantitative estimate of drug-likeness (QED) is 0.500. The lowest BCUT2D eigenvalue weighted by atomic mass is 10.0. The van der Waals surface area contributed by atoms with E-state index in [9.17, 15) is 9.59 Å². The monoisotopic (exact) mass is 446 g/mol. The van der Waals surface area contributed by atoms with Crippen molar-refractivity contribution in [2.75, 3.05) is 12.4 Å². The molecule has 1 heterocycles. The molecule has 3 aromatic carbocycles. The summed E-state index contributed by atoms with van der Waals surface area (Å²) in [6.45, 7) is 2.23. The van der Waals surface area contributed by atoms with Gasteiger partial charge in [-0.25, -0.2) is 0 Å². The van der Waals surface area contributed by atoms with Gasteiger partial charge >= 0.3 is 0 Å². The molecule has 0 spiro atoms. The Morgan fingerprint density at radius 3 is 2.19 bits per heavy atom. The summed E-state index contributed by atoms with van der Waals surface area (Å²) in [6, 6.07) is 22.1. The fourth-order valence-corrected chi connectivity index (χ4v) is 3.80. The average Bonchev–Trinajstić information content (AvgIpc) is 3.05. The number of nitrogens with zero attached hydrogens (tertiary/aromatic N) is 1. The van der Waals surface area contributed by atoms with Gasteiger partial charge in [-0.05, 0) is 47.9 Å². The van der Waals surface area contributed by atoms with Gasteiger partial charge in [0, 0.05) is 16.3 Å². The highest BCUT2D eigenvalue weighted by Crippen LogP contribution is 2.36. The molecule has 1 N–H and O–H groups in total. The fourth-order valence-electron chi connectivity index (χ4n) is 3.68. The first kappa shape index (κ1) is 21.7. The molecule has 0 bridgehead atoms. The molecule has 5 nitrogen and oxygen atoms in total. The van der Waals surface area contributed by atoms with Crippen LogP contribution in [0.1, 0.15) is 23.6 Å². The maximum absolute atomic E-state index is 13.5. The Kier molecular flexibility index (Phi) is 6.28. The molecule has 0 fully saturated rings. The number of hydrogen-bond donors (Lipinski definition) is 1. The number of carbonyl (C=O) groups is 2. The van der Waals surface area contributed by atoms with Crippen molar-refractivity contribution in [3.05, 3.63) is 100 Å². The van der Waals surface area contributed by atoms with Crippen LogP contribution < -0.4 is 10.1 Å². The fraction of sp³-hybridized carbons (Fsp3) is 0.154. The van der Waals surface area contributed by atoms with E-state index in [1.54, 1.807) is 43.5 Å². The van der Waals surface area contributed by atoms with Crippen LogP contribution in [0.5, 0.6) is 5.75 Å². The van der Waals surface area contributed by atoms with Crippen molar-refractivity contribution >= 4 is 34.7 Å². The number of rotatable bonds is 7. The van der Waals surface area contributed by atoms with E-state index < -0.39 is 0 Å². The van der Waals surface area contributed by atoms with Crippen LogP contribution in [0, 0.1) is 0 Å². The van der Waals surface area contributed by atoms with E-state index in [0.717, 1.165) is 17.7 Å². The third-order valence-corrected chi connectivity index (χ3v) is 5.68. The molecular weight excluding hydrogens is 424 g/mol. The standard InChI is InChI=1S/C26H23ClN2O3/c1-3-17-10-14-20(15-11-17)28-24-23(21-6-4-5-7-22(21)32-2)25(30)29(26(24)31)16-18-8-12-19(27)13-9-18/h4-15,28H,3,16H2,1-2H3. The molecule has 2 amide bonds. The molecule has 6 heteroatoms. The van der Waals surface area contributed by atoms with E-state index >= 15 is 0 Å². The molecule has 0 aliphatic carbocycles. The Hall–Kier alpha value is -3.57. The van der Waals surface area contributed by atoms with Crippen LogP contribution >= 0.6 is 11.6 Å². The van der Waals surface area contributed by atoms with Crippen LogP contribution in [0.2, 0.25) is 5.02 Å². The number of imide groups is 1. The lowest BCUT2D eigenvalue weighted by Gasteiger charge is -2.16. The van der Waals surface area contributed by atoms with E-state index in [2.05, 4.69) is 12.2 Å². The number of anilines is 1. The van der Waals surface area contributed by atoms with Crippen molar-refractivity contribution in [1.82, 2.24) is 4.90 Å². The number of benzene rings is 3. The molecule has 1 aliphatic rings. The molecule has 3 aromatic rings. The SMILES string of the molecule is CCc1ccc(NC2=C(c3ccccc3OC)C(=O)N(Cc3ccc(Cl)cc3)C2=O)cc1. The van der Waals surface area contributed by atoms with Gasteiger partial charge in [0.05, 0.1) is 19.2 Å². The van der Waals surface area contributed by atoms with Crippen LogP contribution in [-0.4, -0.2) is 23.8 Å². The zero-order valence-corrected chi connectivity index (χ0v) is 18.6. The number of carbonyl (C=O) groups excluding carboxylic acids is 2. The van der Waals surface area contributed by atoms with Gasteiger partial charge in [0.25, 0.3) is 11.8 Å². The Balaban J connectivity index is 1.75. The first-order valence-electron chi connectivity index (χ1n) is 10.4. The lowest BCUT2D eigenvalue weighted by molar-refractivity contribution is -0.137. The first-order chi connectivity index (χ1) is 15.5. The van der Waals surface area contributed by atoms with E-state index in [-0.39, 0.29) is 24.1 Å². The summed E-state index contributed by atoms with van der Waals surface area (Å²) >= 11 is 5.98. The number of ether oxygens (including phenoxy) is 1. The summed E-state index contributed by atoms with van der Waals surface area (Å²) in [7, 11) is 1.54. The molecule has 162 valence electrons. The van der Waals surface area contributed by atoms with Gasteiger partial charge in [0.1, 0.15) is 11.4 Å². The smallest absolute Gasteiger partial charge is 0.278 e. The normalized spacial score (nSPS) is 13.7. The molecule has 0 saturated carbocycles. The van der Waals surface area contributed by atoms with E-state index in [1.165, 1.54) is 10.5 Å². The van der Waals surface area contributed by atoms with Gasteiger partial charge in [0.2, 0.25) is 0 Å². The third kappa shape index (κ3) is 4.25. The zero-order valence-electron chi connectivity index (χ0n) is 17.9. The van der Waals surface area contributed by atoms with Gasteiger partial charge in [-0.3, -0.25) is 14.5 Å². The maximum Gasteiger partial charge on any atom is 0.278 e. The topological polar surface area (TPSA) is 58.6 Å².